The van der Waals surface area contributed by atoms with Crippen LogP contribution in [0.2, 0.25) is 0 Å². The van der Waals surface area contributed by atoms with E-state index in [1.54, 1.807) is 6.92 Å². The molecule has 0 spiro atoms. The number of carbonyl (C=O) groups excluding carboxylic acids is 1. The molecule has 0 N–H and O–H groups in total. The molecule has 0 fully saturated rings. The maximum absolute atomic E-state index is 11.3. The van der Waals surface area contributed by atoms with E-state index in [-0.39, 0.29) is 11.2 Å². The van der Waals surface area contributed by atoms with Gasteiger partial charge in [-0.1, -0.05) is 26.0 Å². The van der Waals surface area contributed by atoms with E-state index in [2.05, 4.69) is 19.9 Å². The van der Waals surface area contributed by atoms with Crippen molar-refractivity contribution in [1.82, 2.24) is 0 Å². The van der Waals surface area contributed by atoms with Gasteiger partial charge in [0.2, 0.25) is 0 Å². The highest BCUT2D eigenvalue weighted by Crippen LogP contribution is 2.36. The van der Waals surface area contributed by atoms with Crippen LogP contribution in [-0.4, -0.2) is 5.78 Å². The zero-order valence-corrected chi connectivity index (χ0v) is 8.27. The van der Waals surface area contributed by atoms with Gasteiger partial charge in [-0.25, -0.2) is 0 Å². The molecule has 0 amide bonds. The molecule has 1 aliphatic rings. The Labute approximate surface area is 74.2 Å². The van der Waals surface area contributed by atoms with Crippen LogP contribution in [-0.2, 0) is 4.79 Å². The van der Waals surface area contributed by atoms with Crippen LogP contribution in [0.4, 0.5) is 0 Å². The Morgan fingerprint density at radius 2 is 2.08 bits per heavy atom. The Morgan fingerprint density at radius 1 is 1.50 bits per heavy atom. The Kier molecular flexibility index (Phi) is 2.22. The molecule has 66 valence electrons. The number of Topliss-reactive ketones (excluding diaryl/α,β-unsaturated/α-hetero) is 1. The van der Waals surface area contributed by atoms with Crippen molar-refractivity contribution in [2.45, 2.75) is 34.1 Å². The minimum atomic E-state index is 0.0324. The summed E-state index contributed by atoms with van der Waals surface area (Å²) in [6, 6.07) is 0. The molecule has 1 nitrogen and oxygen atoms in total. The Hall–Kier alpha value is -0.850. The average molecular weight is 164 g/mol. The smallest absolute Gasteiger partial charge is 0.156 e. The van der Waals surface area contributed by atoms with Gasteiger partial charge in [0, 0.05) is 5.57 Å². The molecule has 0 aromatic heterocycles. The van der Waals surface area contributed by atoms with Gasteiger partial charge in [-0.2, -0.15) is 0 Å². The van der Waals surface area contributed by atoms with Gasteiger partial charge in [0.05, 0.1) is 0 Å². The zero-order valence-electron chi connectivity index (χ0n) is 8.27. The summed E-state index contributed by atoms with van der Waals surface area (Å²) in [6.07, 6.45) is 5.16. The summed E-state index contributed by atoms with van der Waals surface area (Å²) >= 11 is 0. The van der Waals surface area contributed by atoms with Gasteiger partial charge in [0.15, 0.2) is 5.78 Å². The molecule has 0 bridgehead atoms. The molecular weight excluding hydrogens is 148 g/mol. The molecule has 0 aliphatic heterocycles. The van der Waals surface area contributed by atoms with Gasteiger partial charge in [-0.15, -0.1) is 0 Å². The standard InChI is InChI=1S/C11H16O/c1-8-6-5-7-11(3,4)10(8)9(2)12/h5-6H,7H2,1-4H3. The van der Waals surface area contributed by atoms with Crippen molar-refractivity contribution >= 4 is 5.78 Å². The van der Waals surface area contributed by atoms with Crippen molar-refractivity contribution in [3.63, 3.8) is 0 Å². The minimum absolute atomic E-state index is 0.0324. The molecule has 12 heavy (non-hydrogen) atoms. The quantitative estimate of drug-likeness (QED) is 0.582. The van der Waals surface area contributed by atoms with Crippen LogP contribution in [0.5, 0.6) is 0 Å². The van der Waals surface area contributed by atoms with Crippen LogP contribution in [0.3, 0.4) is 0 Å². The Morgan fingerprint density at radius 3 is 2.42 bits per heavy atom. The number of carbonyl (C=O) groups is 1. The molecule has 0 saturated heterocycles. The van der Waals surface area contributed by atoms with Gasteiger partial charge in [-0.3, -0.25) is 4.79 Å². The normalized spacial score (nSPS) is 21.3. The third kappa shape index (κ3) is 1.50. The number of hydrogen-bond acceptors (Lipinski definition) is 1. The first-order chi connectivity index (χ1) is 5.45. The molecule has 1 aliphatic carbocycles. The molecule has 0 atom stereocenters. The largest absolute Gasteiger partial charge is 0.295 e. The van der Waals surface area contributed by atoms with Crippen LogP contribution < -0.4 is 0 Å². The van der Waals surface area contributed by atoms with Crippen LogP contribution in [0.25, 0.3) is 0 Å². The molecule has 1 rings (SSSR count). The second-order valence-corrected chi connectivity index (χ2v) is 4.10. The first-order valence-electron chi connectivity index (χ1n) is 4.34. The summed E-state index contributed by atoms with van der Waals surface area (Å²) in [5, 5.41) is 0. The predicted octanol–water partition coefficient (Wildman–Crippen LogP) is 2.88. The maximum atomic E-state index is 11.3. The van der Waals surface area contributed by atoms with Crippen LogP contribution >= 0.6 is 0 Å². The van der Waals surface area contributed by atoms with Crippen LogP contribution in [0, 0.1) is 5.41 Å². The van der Waals surface area contributed by atoms with E-state index in [9.17, 15) is 4.79 Å². The highest BCUT2D eigenvalue weighted by atomic mass is 16.1. The third-order valence-electron chi connectivity index (χ3n) is 2.42. The summed E-state index contributed by atoms with van der Waals surface area (Å²) in [6.45, 7) is 7.90. The van der Waals surface area contributed by atoms with Crippen molar-refractivity contribution in [1.29, 1.82) is 0 Å². The van der Waals surface area contributed by atoms with Crippen molar-refractivity contribution in [3.05, 3.63) is 23.3 Å². The molecule has 0 heterocycles. The first-order valence-corrected chi connectivity index (χ1v) is 4.34. The fourth-order valence-corrected chi connectivity index (χ4v) is 2.00. The third-order valence-corrected chi connectivity index (χ3v) is 2.42. The number of hydrogen-bond donors (Lipinski definition) is 0. The molecule has 0 saturated carbocycles. The second kappa shape index (κ2) is 2.89. The van der Waals surface area contributed by atoms with E-state index >= 15 is 0 Å². The lowest BCUT2D eigenvalue weighted by Gasteiger charge is -2.29. The topological polar surface area (TPSA) is 17.1 Å². The van der Waals surface area contributed by atoms with Gasteiger partial charge in [-0.05, 0) is 31.3 Å². The highest BCUT2D eigenvalue weighted by Gasteiger charge is 2.28. The van der Waals surface area contributed by atoms with Crippen molar-refractivity contribution in [3.8, 4) is 0 Å². The number of allylic oxidation sites excluding steroid dienone is 4. The van der Waals surface area contributed by atoms with Crippen LogP contribution in [0.1, 0.15) is 34.1 Å². The number of rotatable bonds is 1. The lowest BCUT2D eigenvalue weighted by atomic mass is 9.74. The lowest BCUT2D eigenvalue weighted by Crippen LogP contribution is -2.22. The molecule has 0 radical (unpaired) electrons. The van der Waals surface area contributed by atoms with Crippen molar-refractivity contribution in [2.75, 3.05) is 0 Å². The first kappa shape index (κ1) is 9.24. The highest BCUT2D eigenvalue weighted by molar-refractivity contribution is 5.96. The fourth-order valence-electron chi connectivity index (χ4n) is 2.00. The van der Waals surface area contributed by atoms with E-state index in [1.807, 2.05) is 13.0 Å². The monoisotopic (exact) mass is 164 g/mol. The minimum Gasteiger partial charge on any atom is -0.295 e. The fraction of sp³-hybridized carbons (Fsp3) is 0.545. The summed E-state index contributed by atoms with van der Waals surface area (Å²) in [7, 11) is 0. The van der Waals surface area contributed by atoms with Gasteiger partial charge in [0.1, 0.15) is 0 Å². The molecule has 0 aromatic carbocycles. The lowest BCUT2D eigenvalue weighted by molar-refractivity contribution is -0.114. The van der Waals surface area contributed by atoms with Gasteiger partial charge >= 0.3 is 0 Å². The van der Waals surface area contributed by atoms with E-state index in [0.29, 0.717) is 0 Å². The summed E-state index contributed by atoms with van der Waals surface area (Å²) in [5.41, 5.74) is 2.15. The van der Waals surface area contributed by atoms with Crippen molar-refractivity contribution < 1.29 is 4.79 Å². The summed E-state index contributed by atoms with van der Waals surface area (Å²) in [5.74, 6) is 0.210. The van der Waals surface area contributed by atoms with E-state index in [4.69, 9.17) is 0 Å². The second-order valence-electron chi connectivity index (χ2n) is 4.10. The molecular formula is C11H16O. The molecule has 1 heteroatoms. The maximum Gasteiger partial charge on any atom is 0.156 e. The number of ketones is 1. The van der Waals surface area contributed by atoms with Crippen LogP contribution in [0.15, 0.2) is 23.3 Å². The van der Waals surface area contributed by atoms with E-state index in [1.165, 1.54) is 0 Å². The summed E-state index contributed by atoms with van der Waals surface area (Å²) in [4.78, 5) is 11.3. The average Bonchev–Trinajstić information content (AvgIpc) is 1.82. The molecule has 0 aromatic rings. The van der Waals surface area contributed by atoms with E-state index < -0.39 is 0 Å². The zero-order chi connectivity index (χ0) is 9.35. The molecule has 0 unspecified atom stereocenters. The van der Waals surface area contributed by atoms with Crippen molar-refractivity contribution in [2.24, 2.45) is 5.41 Å². The predicted molar refractivity (Wildman–Crippen MR) is 50.9 cm³/mol. The van der Waals surface area contributed by atoms with Gasteiger partial charge < -0.3 is 0 Å². The Balaban J connectivity index is 3.17. The Bertz CT molecular complexity index is 267. The SMILES string of the molecule is CC(=O)C1=C(C)C=CCC1(C)C. The summed E-state index contributed by atoms with van der Waals surface area (Å²) < 4.78 is 0. The van der Waals surface area contributed by atoms with E-state index in [0.717, 1.165) is 17.6 Å². The van der Waals surface area contributed by atoms with Gasteiger partial charge in [0.25, 0.3) is 0 Å².